The second kappa shape index (κ2) is 33.1. The van der Waals surface area contributed by atoms with Crippen LogP contribution in [0.2, 0.25) is 0 Å². The summed E-state index contributed by atoms with van der Waals surface area (Å²) in [6.07, 6.45) is 37.4. The Morgan fingerprint density at radius 3 is 1.27 bits per heavy atom. The van der Waals surface area contributed by atoms with Crippen LogP contribution in [0.15, 0.2) is 47.4 Å². The van der Waals surface area contributed by atoms with Gasteiger partial charge in [-0.3, -0.25) is 0 Å². The molecule has 0 heterocycles. The molecule has 0 saturated heterocycles. The Morgan fingerprint density at radius 1 is 0.551 bits per heavy atom. The van der Waals surface area contributed by atoms with Gasteiger partial charge in [-0.25, -0.2) is 18.0 Å². The van der Waals surface area contributed by atoms with E-state index < -0.39 is 27.0 Å². The summed E-state index contributed by atoms with van der Waals surface area (Å²) in [6.45, 7) is 4.48. The van der Waals surface area contributed by atoms with Crippen molar-refractivity contribution >= 4 is 22.1 Å². The zero-order chi connectivity index (χ0) is 35.1. The topological polar surface area (TPSA) is 110 Å². The first-order valence-corrected chi connectivity index (χ1v) is 20.5. The molecule has 0 N–H and O–H groups in total. The maximum Gasteiger partial charge on any atom is 1.00 e. The zero-order valence-corrected chi connectivity index (χ0v) is 35.1. The number of carbonyl (C=O) groups is 2. The van der Waals surface area contributed by atoms with Crippen molar-refractivity contribution in [3.8, 4) is 0 Å². The molecule has 0 fully saturated rings. The smallest absolute Gasteiger partial charge is 0.744 e. The molecular weight excluding hydrogens is 664 g/mol. The Labute approximate surface area is 342 Å². The molecule has 274 valence electrons. The van der Waals surface area contributed by atoms with E-state index in [0.29, 0.717) is 0 Å². The van der Waals surface area contributed by atoms with Crippen LogP contribution >= 0.6 is 0 Å². The number of unbranched alkanes of at least 4 members (excludes halogenated alkanes) is 22. The zero-order valence-electron chi connectivity index (χ0n) is 31.2. The number of ether oxygens (including phenoxy) is 2. The standard InChI is InChI=1S/C40H66O7S.K/c1-3-5-7-9-11-13-15-17-19-21-23-25-27-29-33-46-39(41)37-32-31-36(48(43,44)45)35-38(37)40(42)47-34-30-28-26-24-22-20-18-16-14-12-10-8-6-4-2;/h27-32,35H,3-26,33-34H2,1-2H3,(H,43,44,45);/q;+1/p-1/b29-27+,30-28+;. The number of hydrogen-bond acceptors (Lipinski definition) is 7. The predicted molar refractivity (Wildman–Crippen MR) is 195 cm³/mol. The van der Waals surface area contributed by atoms with Crippen molar-refractivity contribution in [2.24, 2.45) is 0 Å². The molecule has 1 aromatic carbocycles. The first-order chi connectivity index (χ1) is 23.3. The van der Waals surface area contributed by atoms with Gasteiger partial charge in [0.25, 0.3) is 0 Å². The van der Waals surface area contributed by atoms with E-state index in [1.807, 2.05) is 12.2 Å². The second-order valence-corrected chi connectivity index (χ2v) is 14.3. The molecule has 9 heteroatoms. The maximum absolute atomic E-state index is 12.8. The predicted octanol–water partition coefficient (Wildman–Crippen LogP) is 8.42. The number of allylic oxidation sites excluding steroid dienone is 2. The van der Waals surface area contributed by atoms with Gasteiger partial charge in [0.05, 0.1) is 16.0 Å². The van der Waals surface area contributed by atoms with Crippen molar-refractivity contribution in [1.82, 2.24) is 0 Å². The molecule has 7 nitrogen and oxygen atoms in total. The Kier molecular flexibility index (Phi) is 32.5. The van der Waals surface area contributed by atoms with Gasteiger partial charge in [-0.1, -0.05) is 167 Å². The van der Waals surface area contributed by atoms with E-state index >= 15 is 0 Å². The molecular formula is C40H65KO7S. The molecule has 49 heavy (non-hydrogen) atoms. The third-order valence-corrected chi connectivity index (χ3v) is 9.45. The van der Waals surface area contributed by atoms with Crippen LogP contribution in [0.5, 0.6) is 0 Å². The summed E-state index contributed by atoms with van der Waals surface area (Å²) >= 11 is 0. The molecule has 0 saturated carbocycles. The molecule has 0 aliphatic rings. The number of carbonyl (C=O) groups excluding carboxylic acids is 2. The quantitative estimate of drug-likeness (QED) is 0.0248. The summed E-state index contributed by atoms with van der Waals surface area (Å²) in [6, 6.07) is 3.02. The van der Waals surface area contributed by atoms with Gasteiger partial charge in [-0.05, 0) is 43.9 Å². The van der Waals surface area contributed by atoms with Crippen molar-refractivity contribution in [2.45, 2.75) is 173 Å². The Hall–Kier alpha value is -0.814. The Morgan fingerprint density at radius 2 is 0.898 bits per heavy atom. The molecule has 0 amide bonds. The third kappa shape index (κ3) is 26.6. The van der Waals surface area contributed by atoms with Crippen LogP contribution in [0.25, 0.3) is 0 Å². The first kappa shape index (κ1) is 48.2. The van der Waals surface area contributed by atoms with Crippen LogP contribution in [0.3, 0.4) is 0 Å². The van der Waals surface area contributed by atoms with E-state index in [1.165, 1.54) is 122 Å². The van der Waals surface area contributed by atoms with Crippen LogP contribution in [-0.2, 0) is 19.6 Å². The van der Waals surface area contributed by atoms with Crippen molar-refractivity contribution in [3.63, 3.8) is 0 Å². The van der Waals surface area contributed by atoms with E-state index in [1.54, 1.807) is 12.2 Å². The summed E-state index contributed by atoms with van der Waals surface area (Å²) in [5.74, 6) is -1.68. The van der Waals surface area contributed by atoms with E-state index in [4.69, 9.17) is 9.47 Å². The van der Waals surface area contributed by atoms with Gasteiger partial charge in [0.1, 0.15) is 23.3 Å². The average Bonchev–Trinajstić information content (AvgIpc) is 3.07. The molecule has 0 aliphatic heterocycles. The number of rotatable bonds is 31. The molecule has 0 aliphatic carbocycles. The van der Waals surface area contributed by atoms with Gasteiger partial charge in [0, 0.05) is 0 Å². The Balaban J connectivity index is 0.0000230. The molecule has 0 unspecified atom stereocenters. The van der Waals surface area contributed by atoms with Crippen molar-refractivity contribution in [3.05, 3.63) is 53.6 Å². The molecule has 0 radical (unpaired) electrons. The minimum absolute atomic E-state index is 0. The van der Waals surface area contributed by atoms with E-state index in [9.17, 15) is 22.6 Å². The van der Waals surface area contributed by atoms with E-state index in [2.05, 4.69) is 13.8 Å². The van der Waals surface area contributed by atoms with E-state index in [-0.39, 0.29) is 75.7 Å². The second-order valence-electron chi connectivity index (χ2n) is 12.9. The molecule has 0 atom stereocenters. The largest absolute Gasteiger partial charge is 1.00 e. The normalized spacial score (nSPS) is 11.7. The summed E-state index contributed by atoms with van der Waals surface area (Å²) in [5, 5.41) is 0. The fourth-order valence-corrected chi connectivity index (χ4v) is 6.15. The number of benzene rings is 1. The van der Waals surface area contributed by atoms with Crippen LogP contribution in [-0.4, -0.2) is 38.1 Å². The minimum atomic E-state index is -4.83. The summed E-state index contributed by atoms with van der Waals surface area (Å²) in [5.41, 5.74) is -0.447. The molecule has 0 aromatic heterocycles. The van der Waals surface area contributed by atoms with Crippen molar-refractivity contribution < 1.29 is 83.4 Å². The fourth-order valence-electron chi connectivity index (χ4n) is 5.65. The van der Waals surface area contributed by atoms with Gasteiger partial charge in [-0.15, -0.1) is 0 Å². The van der Waals surface area contributed by atoms with Gasteiger partial charge >= 0.3 is 63.3 Å². The Bertz CT molecular complexity index is 1150. The minimum Gasteiger partial charge on any atom is -0.744 e. The van der Waals surface area contributed by atoms with Crippen LogP contribution in [0.4, 0.5) is 0 Å². The summed E-state index contributed by atoms with van der Waals surface area (Å²) in [7, 11) is -4.83. The van der Waals surface area contributed by atoms with Crippen molar-refractivity contribution in [2.75, 3.05) is 13.2 Å². The van der Waals surface area contributed by atoms with Crippen LogP contribution in [0, 0.1) is 0 Å². The number of esters is 2. The van der Waals surface area contributed by atoms with Gasteiger partial charge < -0.3 is 14.0 Å². The van der Waals surface area contributed by atoms with E-state index in [0.717, 1.165) is 50.3 Å². The molecule has 1 aromatic rings. The van der Waals surface area contributed by atoms with Gasteiger partial charge in [0.2, 0.25) is 0 Å². The van der Waals surface area contributed by atoms with Gasteiger partial charge in [-0.2, -0.15) is 0 Å². The SMILES string of the molecule is CCCCCCCCCCCCC/C=C/COC(=O)c1ccc(S(=O)(=O)[O-])cc1C(=O)OC/C=C/CCCCCCCCCCCCC.[K+]. The fraction of sp³-hybridized carbons (Fsp3) is 0.700. The summed E-state index contributed by atoms with van der Waals surface area (Å²) in [4.78, 5) is 25.0. The van der Waals surface area contributed by atoms with Crippen LogP contribution in [0.1, 0.15) is 189 Å². The average molecular weight is 729 g/mol. The molecule has 1 rings (SSSR count). The summed E-state index contributed by atoms with van der Waals surface area (Å²) < 4.78 is 45.3. The molecule has 0 bridgehead atoms. The van der Waals surface area contributed by atoms with Gasteiger partial charge in [0.15, 0.2) is 0 Å². The number of hydrogen-bond donors (Lipinski definition) is 0. The monoisotopic (exact) mass is 728 g/mol. The third-order valence-electron chi connectivity index (χ3n) is 8.62. The van der Waals surface area contributed by atoms with Crippen molar-refractivity contribution in [1.29, 1.82) is 0 Å². The first-order valence-electron chi connectivity index (χ1n) is 19.0. The van der Waals surface area contributed by atoms with Crippen LogP contribution < -0.4 is 51.4 Å². The molecule has 0 spiro atoms. The maximum atomic E-state index is 12.8.